The predicted octanol–water partition coefficient (Wildman–Crippen LogP) is 11.1. The average Bonchev–Trinajstić information content (AvgIpc) is 3.72. The molecule has 0 saturated heterocycles. The molecule has 0 aliphatic heterocycles. The van der Waals surface area contributed by atoms with Gasteiger partial charge in [0.05, 0.1) is 22.4 Å². The fraction of sp³-hybridized carbons (Fsp3) is 0.0426. The van der Waals surface area contributed by atoms with Gasteiger partial charge < -0.3 is 4.42 Å². The van der Waals surface area contributed by atoms with Gasteiger partial charge in [0.2, 0.25) is 0 Å². The first-order valence-electron chi connectivity index (χ1n) is 17.6. The molecule has 252 valence electrons. The first kappa shape index (κ1) is 30.7. The van der Waals surface area contributed by atoms with E-state index in [1.54, 1.807) is 16.2 Å². The summed E-state index contributed by atoms with van der Waals surface area (Å²) in [5.74, 6) is 0.657. The molecule has 0 aliphatic carbocycles. The molecule has 53 heavy (non-hydrogen) atoms. The van der Waals surface area contributed by atoms with Gasteiger partial charge in [-0.05, 0) is 70.1 Å². The van der Waals surface area contributed by atoms with Gasteiger partial charge in [0, 0.05) is 46.9 Å². The van der Waals surface area contributed by atoms with Gasteiger partial charge in [0.25, 0.3) is 0 Å². The molecule has 6 nitrogen and oxygen atoms in total. The minimum atomic E-state index is -0.0413. The monoisotopic (exact) mass is 684 g/mol. The van der Waals surface area contributed by atoms with Gasteiger partial charge in [-0.25, -0.2) is 14.8 Å². The van der Waals surface area contributed by atoms with Crippen LogP contribution >= 0.6 is 0 Å². The number of aromatic nitrogens is 4. The van der Waals surface area contributed by atoms with E-state index in [2.05, 4.69) is 115 Å². The second-order valence-corrected chi connectivity index (χ2v) is 13.5. The molecule has 0 atom stereocenters. The van der Waals surface area contributed by atoms with Gasteiger partial charge in [-0.1, -0.05) is 115 Å². The molecule has 0 unspecified atom stereocenters. The van der Waals surface area contributed by atoms with Crippen molar-refractivity contribution in [3.05, 3.63) is 168 Å². The lowest BCUT2D eigenvalue weighted by Crippen LogP contribution is -2.19. The van der Waals surface area contributed by atoms with Crippen LogP contribution in [0.4, 0.5) is 0 Å². The van der Waals surface area contributed by atoms with Crippen LogP contribution in [0.25, 0.3) is 99.9 Å². The van der Waals surface area contributed by atoms with Gasteiger partial charge in [0.15, 0.2) is 5.82 Å². The zero-order chi connectivity index (χ0) is 35.6. The summed E-state index contributed by atoms with van der Waals surface area (Å²) >= 11 is 0. The van der Waals surface area contributed by atoms with E-state index in [4.69, 9.17) is 14.4 Å². The quantitative estimate of drug-likeness (QED) is 0.181. The highest BCUT2D eigenvalue weighted by atomic mass is 16.3. The fourth-order valence-electron chi connectivity index (χ4n) is 7.64. The SMILES string of the molecule is Cn1c(=O)n(C)c2cc(-c3cccc(-c4cc(-c5cccc(-c6cccc7oc8c9ccccc9ccc8c67)c5)nc(-c5ccccc5)n4)c3)ccc21. The number of imidazole rings is 1. The van der Waals surface area contributed by atoms with Crippen LogP contribution in [-0.2, 0) is 14.1 Å². The normalized spacial score (nSPS) is 11.7. The number of benzene rings is 7. The zero-order valence-electron chi connectivity index (χ0n) is 29.1. The molecule has 6 heteroatoms. The van der Waals surface area contributed by atoms with E-state index in [0.717, 1.165) is 94.1 Å². The minimum absolute atomic E-state index is 0.0413. The summed E-state index contributed by atoms with van der Waals surface area (Å²) in [6.45, 7) is 0. The number of aryl methyl sites for hydroxylation is 2. The maximum absolute atomic E-state index is 12.6. The smallest absolute Gasteiger partial charge is 0.328 e. The van der Waals surface area contributed by atoms with Crippen LogP contribution in [0.3, 0.4) is 0 Å². The van der Waals surface area contributed by atoms with E-state index in [0.29, 0.717) is 5.82 Å². The fourth-order valence-corrected chi connectivity index (χ4v) is 7.64. The highest BCUT2D eigenvalue weighted by Gasteiger charge is 2.17. The highest BCUT2D eigenvalue weighted by molar-refractivity contribution is 6.19. The average molecular weight is 685 g/mol. The lowest BCUT2D eigenvalue weighted by molar-refractivity contribution is 0.673. The minimum Gasteiger partial charge on any atom is -0.455 e. The summed E-state index contributed by atoms with van der Waals surface area (Å²) < 4.78 is 9.88. The summed E-state index contributed by atoms with van der Waals surface area (Å²) in [5.41, 5.74) is 12.3. The second kappa shape index (κ2) is 12.0. The Hall–Kier alpha value is -7.05. The molecule has 7 aromatic carbocycles. The van der Waals surface area contributed by atoms with Gasteiger partial charge in [-0.2, -0.15) is 0 Å². The van der Waals surface area contributed by atoms with E-state index in [1.807, 2.05) is 49.5 Å². The van der Waals surface area contributed by atoms with Crippen molar-refractivity contribution < 1.29 is 4.42 Å². The molecular weight excluding hydrogens is 653 g/mol. The van der Waals surface area contributed by atoms with Crippen molar-refractivity contribution >= 4 is 43.7 Å². The third-order valence-corrected chi connectivity index (χ3v) is 10.4. The third kappa shape index (κ3) is 5.06. The highest BCUT2D eigenvalue weighted by Crippen LogP contribution is 2.40. The summed E-state index contributed by atoms with van der Waals surface area (Å²) in [4.78, 5) is 22.9. The summed E-state index contributed by atoms with van der Waals surface area (Å²) in [5, 5.41) is 4.47. The molecule has 0 spiro atoms. The molecule has 10 rings (SSSR count). The van der Waals surface area contributed by atoms with Crippen molar-refractivity contribution in [2.75, 3.05) is 0 Å². The first-order chi connectivity index (χ1) is 26.0. The Morgan fingerprint density at radius 1 is 0.491 bits per heavy atom. The zero-order valence-corrected chi connectivity index (χ0v) is 29.1. The molecule has 0 radical (unpaired) electrons. The number of fused-ring (bicyclic) bond motifs is 6. The Labute approximate surface area is 304 Å². The second-order valence-electron chi connectivity index (χ2n) is 13.5. The van der Waals surface area contributed by atoms with Crippen LogP contribution in [-0.4, -0.2) is 19.1 Å². The number of hydrogen-bond donors (Lipinski definition) is 0. The van der Waals surface area contributed by atoms with Crippen molar-refractivity contribution in [3.63, 3.8) is 0 Å². The first-order valence-corrected chi connectivity index (χ1v) is 17.6. The molecule has 0 aliphatic rings. The van der Waals surface area contributed by atoms with Crippen LogP contribution in [0.2, 0.25) is 0 Å². The Balaban J connectivity index is 1.11. The van der Waals surface area contributed by atoms with Crippen LogP contribution in [0.1, 0.15) is 0 Å². The van der Waals surface area contributed by atoms with Crippen LogP contribution < -0.4 is 5.69 Å². The van der Waals surface area contributed by atoms with Gasteiger partial charge in [-0.15, -0.1) is 0 Å². The van der Waals surface area contributed by atoms with E-state index < -0.39 is 0 Å². The molecule has 0 saturated carbocycles. The van der Waals surface area contributed by atoms with E-state index in [9.17, 15) is 4.79 Å². The molecule has 3 aromatic heterocycles. The van der Waals surface area contributed by atoms with E-state index in [-0.39, 0.29) is 5.69 Å². The van der Waals surface area contributed by atoms with Gasteiger partial charge in [-0.3, -0.25) is 9.13 Å². The number of nitrogens with zero attached hydrogens (tertiary/aromatic N) is 4. The van der Waals surface area contributed by atoms with E-state index >= 15 is 0 Å². The standard InChI is InChI=1S/C47H32N4O2/c1-50-41-24-22-32(27-42(41)51(2)47(50)52)31-14-8-16-34(25-31)39-28-40(49-46(48-39)30-12-4-3-5-13-30)35-17-9-15-33(26-35)36-19-10-20-43-44(36)38-23-21-29-11-6-7-18-37(29)45(38)53-43/h3-28H,1-2H3. The lowest BCUT2D eigenvalue weighted by atomic mass is 9.96. The largest absolute Gasteiger partial charge is 0.455 e. The van der Waals surface area contributed by atoms with Gasteiger partial charge >= 0.3 is 5.69 Å². The van der Waals surface area contributed by atoms with Crippen LogP contribution in [0.15, 0.2) is 167 Å². The lowest BCUT2D eigenvalue weighted by Gasteiger charge is -2.12. The number of rotatable bonds is 5. The Kier molecular flexibility index (Phi) is 6.98. The maximum atomic E-state index is 12.6. The molecule has 3 heterocycles. The Bertz CT molecular complexity index is 3110. The van der Waals surface area contributed by atoms with Crippen LogP contribution in [0, 0.1) is 0 Å². The Morgan fingerprint density at radius 3 is 1.94 bits per heavy atom. The topological polar surface area (TPSA) is 65.8 Å². The van der Waals surface area contributed by atoms with Crippen LogP contribution in [0.5, 0.6) is 0 Å². The molecule has 0 amide bonds. The van der Waals surface area contributed by atoms with Crippen molar-refractivity contribution in [2.24, 2.45) is 14.1 Å². The molecule has 10 aromatic rings. The maximum Gasteiger partial charge on any atom is 0.328 e. The summed E-state index contributed by atoms with van der Waals surface area (Å²) in [7, 11) is 3.62. The molecule has 0 fully saturated rings. The van der Waals surface area contributed by atoms with Gasteiger partial charge in [0.1, 0.15) is 11.2 Å². The van der Waals surface area contributed by atoms with Crippen molar-refractivity contribution in [1.29, 1.82) is 0 Å². The van der Waals surface area contributed by atoms with Crippen molar-refractivity contribution in [2.45, 2.75) is 0 Å². The van der Waals surface area contributed by atoms with Crippen molar-refractivity contribution in [3.8, 4) is 56.2 Å². The number of hydrogen-bond acceptors (Lipinski definition) is 4. The summed E-state index contributed by atoms with van der Waals surface area (Å²) in [6, 6.07) is 54.3. The number of furan rings is 1. The third-order valence-electron chi connectivity index (χ3n) is 10.4. The molecule has 0 N–H and O–H groups in total. The van der Waals surface area contributed by atoms with Crippen molar-refractivity contribution in [1.82, 2.24) is 19.1 Å². The summed E-state index contributed by atoms with van der Waals surface area (Å²) in [6.07, 6.45) is 0. The predicted molar refractivity (Wildman–Crippen MR) is 216 cm³/mol. The molecular formula is C47H32N4O2. The Morgan fingerprint density at radius 2 is 1.13 bits per heavy atom. The van der Waals surface area contributed by atoms with E-state index in [1.165, 1.54) is 0 Å². The molecule has 0 bridgehead atoms.